The second-order valence-electron chi connectivity index (χ2n) is 5.96. The number of para-hydroxylation sites is 2. The molecular weight excluding hydrogens is 417 g/mol. The lowest BCUT2D eigenvalue weighted by molar-refractivity contribution is -0.113. The quantitative estimate of drug-likeness (QED) is 0.448. The van der Waals surface area contributed by atoms with Crippen LogP contribution in [0.25, 0.3) is 22.1 Å². The fraction of sp³-hybridized carbons (Fsp3) is 0.158. The second-order valence-corrected chi connectivity index (χ2v) is 7.72. The molecule has 28 heavy (non-hydrogen) atoms. The molecule has 0 unspecified atom stereocenters. The van der Waals surface area contributed by atoms with Gasteiger partial charge in [-0.05, 0) is 25.1 Å². The fourth-order valence-electron chi connectivity index (χ4n) is 2.99. The summed E-state index contributed by atoms with van der Waals surface area (Å²) in [6.45, 7) is 2.82. The maximum Gasteiger partial charge on any atom is 0.234 e. The Kier molecular flexibility index (Phi) is 5.39. The Morgan fingerprint density at radius 2 is 1.86 bits per heavy atom. The minimum atomic E-state index is -0.250. The average molecular weight is 432 g/mol. The number of nitrogens with one attached hydrogen (secondary N) is 1. The number of thioether (sulfide) groups is 1. The van der Waals surface area contributed by atoms with Gasteiger partial charge in [0.25, 0.3) is 0 Å². The van der Waals surface area contributed by atoms with E-state index < -0.39 is 0 Å². The first-order chi connectivity index (χ1) is 13.6. The number of carbonyl (C=O) groups excluding carboxylic acids is 1. The average Bonchev–Trinajstić information content (AvgIpc) is 3.02. The summed E-state index contributed by atoms with van der Waals surface area (Å²) < 4.78 is 2.09. The Morgan fingerprint density at radius 1 is 1.11 bits per heavy atom. The van der Waals surface area contributed by atoms with Gasteiger partial charge in [-0.15, -0.1) is 10.2 Å². The third kappa shape index (κ3) is 3.53. The molecule has 0 radical (unpaired) electrons. The van der Waals surface area contributed by atoms with Crippen LogP contribution in [0.15, 0.2) is 47.6 Å². The lowest BCUT2D eigenvalue weighted by atomic mass is 10.2. The van der Waals surface area contributed by atoms with Gasteiger partial charge in [0.2, 0.25) is 11.1 Å². The van der Waals surface area contributed by atoms with Gasteiger partial charge in [0.05, 0.1) is 27.0 Å². The molecule has 0 saturated carbocycles. The number of aromatic nitrogens is 4. The Labute approximate surface area is 175 Å². The van der Waals surface area contributed by atoms with Crippen molar-refractivity contribution in [2.75, 3.05) is 11.1 Å². The lowest BCUT2D eigenvalue weighted by Gasteiger charge is -2.08. The van der Waals surface area contributed by atoms with E-state index in [1.54, 1.807) is 18.2 Å². The van der Waals surface area contributed by atoms with Crippen molar-refractivity contribution in [3.8, 4) is 0 Å². The molecule has 6 nitrogen and oxygen atoms in total. The number of hydrogen-bond acceptors (Lipinski definition) is 5. The van der Waals surface area contributed by atoms with Crippen molar-refractivity contribution < 1.29 is 4.79 Å². The van der Waals surface area contributed by atoms with Crippen molar-refractivity contribution >= 4 is 68.6 Å². The van der Waals surface area contributed by atoms with Gasteiger partial charge in [-0.25, -0.2) is 4.98 Å². The Balaban J connectivity index is 1.55. The topological polar surface area (TPSA) is 72.7 Å². The van der Waals surface area contributed by atoms with Crippen molar-refractivity contribution in [1.29, 1.82) is 0 Å². The molecule has 2 aromatic carbocycles. The first-order valence-corrected chi connectivity index (χ1v) is 10.3. The molecule has 1 amide bonds. The number of rotatable bonds is 5. The Morgan fingerprint density at radius 3 is 2.61 bits per heavy atom. The van der Waals surface area contributed by atoms with E-state index in [2.05, 4.69) is 32.0 Å². The first kappa shape index (κ1) is 19.0. The number of amides is 1. The summed E-state index contributed by atoms with van der Waals surface area (Å²) >= 11 is 13.4. The molecule has 0 atom stereocenters. The normalized spacial score (nSPS) is 11.2. The van der Waals surface area contributed by atoms with E-state index in [1.165, 1.54) is 11.8 Å². The van der Waals surface area contributed by atoms with E-state index in [0.717, 1.165) is 28.6 Å². The van der Waals surface area contributed by atoms with Gasteiger partial charge in [-0.3, -0.25) is 4.79 Å². The SMILES string of the molecule is CCn1c2ccccc2c2nnc(SCC(=O)Nc3c(Cl)cccc3Cl)nc21. The summed E-state index contributed by atoms with van der Waals surface area (Å²) in [5.41, 5.74) is 2.98. The van der Waals surface area contributed by atoms with Crippen LogP contribution in [0.4, 0.5) is 5.69 Å². The number of nitrogens with zero attached hydrogens (tertiary/aromatic N) is 4. The molecule has 0 bridgehead atoms. The van der Waals surface area contributed by atoms with Gasteiger partial charge in [0, 0.05) is 11.9 Å². The zero-order valence-corrected chi connectivity index (χ0v) is 17.1. The lowest BCUT2D eigenvalue weighted by Crippen LogP contribution is -2.15. The molecule has 0 aliphatic carbocycles. The van der Waals surface area contributed by atoms with Crippen molar-refractivity contribution in [3.63, 3.8) is 0 Å². The number of halogens is 2. The highest BCUT2D eigenvalue weighted by Gasteiger charge is 2.15. The number of aryl methyl sites for hydroxylation is 1. The van der Waals surface area contributed by atoms with E-state index in [1.807, 2.05) is 24.3 Å². The standard InChI is InChI=1S/C19H15Cl2N5OS/c1-2-26-14-9-4-3-6-11(14)16-18(26)23-19(25-24-16)28-10-15(27)22-17-12(20)7-5-8-13(17)21/h3-9H,2,10H2,1H3,(H,22,27). The van der Waals surface area contributed by atoms with Gasteiger partial charge in [0.1, 0.15) is 5.52 Å². The summed E-state index contributed by atoms with van der Waals surface area (Å²) in [7, 11) is 0. The predicted octanol–water partition coefficient (Wildman–Crippen LogP) is 5.04. The molecule has 0 aliphatic rings. The molecule has 0 fully saturated rings. The highest BCUT2D eigenvalue weighted by Crippen LogP contribution is 2.30. The van der Waals surface area contributed by atoms with Crippen molar-refractivity contribution in [2.24, 2.45) is 0 Å². The van der Waals surface area contributed by atoms with E-state index in [0.29, 0.717) is 20.9 Å². The summed E-state index contributed by atoms with van der Waals surface area (Å²) in [6.07, 6.45) is 0. The predicted molar refractivity (Wildman–Crippen MR) is 114 cm³/mol. The largest absolute Gasteiger partial charge is 0.324 e. The Bertz CT molecular complexity index is 1170. The van der Waals surface area contributed by atoms with Crippen LogP contribution in [0.2, 0.25) is 10.0 Å². The zero-order chi connectivity index (χ0) is 19.7. The Hall–Kier alpha value is -2.35. The van der Waals surface area contributed by atoms with Gasteiger partial charge in [-0.1, -0.05) is 59.2 Å². The van der Waals surface area contributed by atoms with E-state index in [9.17, 15) is 4.79 Å². The fourth-order valence-corrected chi connectivity index (χ4v) is 4.07. The van der Waals surface area contributed by atoms with Gasteiger partial charge >= 0.3 is 0 Å². The summed E-state index contributed by atoms with van der Waals surface area (Å²) in [5, 5.41) is 13.5. The maximum absolute atomic E-state index is 12.3. The third-order valence-corrected chi connectivity index (χ3v) is 5.70. The zero-order valence-electron chi connectivity index (χ0n) is 14.8. The number of carbonyl (C=O) groups is 1. The van der Waals surface area contributed by atoms with Crippen LogP contribution in [0.3, 0.4) is 0 Å². The molecule has 2 aromatic heterocycles. The van der Waals surface area contributed by atoms with Gasteiger partial charge < -0.3 is 9.88 Å². The molecule has 9 heteroatoms. The molecule has 2 heterocycles. The monoisotopic (exact) mass is 431 g/mol. The highest BCUT2D eigenvalue weighted by atomic mass is 35.5. The van der Waals surface area contributed by atoms with Gasteiger partial charge in [-0.2, -0.15) is 0 Å². The highest BCUT2D eigenvalue weighted by molar-refractivity contribution is 7.99. The molecule has 0 aliphatic heterocycles. The first-order valence-electron chi connectivity index (χ1n) is 8.56. The maximum atomic E-state index is 12.3. The summed E-state index contributed by atoms with van der Waals surface area (Å²) in [6, 6.07) is 13.1. The van der Waals surface area contributed by atoms with Crippen LogP contribution in [0.5, 0.6) is 0 Å². The van der Waals surface area contributed by atoms with Crippen molar-refractivity contribution in [2.45, 2.75) is 18.6 Å². The van der Waals surface area contributed by atoms with Crippen molar-refractivity contribution in [1.82, 2.24) is 19.7 Å². The molecule has 4 rings (SSSR count). The van der Waals surface area contributed by atoms with E-state index in [4.69, 9.17) is 23.2 Å². The number of fused-ring (bicyclic) bond motifs is 3. The van der Waals surface area contributed by atoms with Crippen LogP contribution in [0, 0.1) is 0 Å². The minimum Gasteiger partial charge on any atom is -0.324 e. The molecular formula is C19H15Cl2N5OS. The number of benzene rings is 2. The second kappa shape index (κ2) is 7.95. The summed E-state index contributed by atoms with van der Waals surface area (Å²) in [5.74, 6) is -0.138. The molecule has 0 spiro atoms. The van der Waals surface area contributed by atoms with Crippen LogP contribution < -0.4 is 5.32 Å². The van der Waals surface area contributed by atoms with Gasteiger partial charge in [0.15, 0.2) is 5.65 Å². The van der Waals surface area contributed by atoms with Crippen molar-refractivity contribution in [3.05, 3.63) is 52.5 Å². The molecule has 1 N–H and O–H groups in total. The number of anilines is 1. The number of hydrogen-bond donors (Lipinski definition) is 1. The summed E-state index contributed by atoms with van der Waals surface area (Å²) in [4.78, 5) is 16.9. The van der Waals surface area contributed by atoms with E-state index in [-0.39, 0.29) is 11.7 Å². The smallest absolute Gasteiger partial charge is 0.234 e. The van der Waals surface area contributed by atoms with E-state index >= 15 is 0 Å². The molecule has 142 valence electrons. The van der Waals surface area contributed by atoms with Crippen LogP contribution in [-0.4, -0.2) is 31.4 Å². The minimum absolute atomic E-state index is 0.112. The van der Waals surface area contributed by atoms with Crippen LogP contribution in [-0.2, 0) is 11.3 Å². The molecule has 4 aromatic rings. The third-order valence-electron chi connectivity index (χ3n) is 4.23. The van der Waals surface area contributed by atoms with Crippen LogP contribution in [0.1, 0.15) is 6.92 Å². The van der Waals surface area contributed by atoms with Crippen LogP contribution >= 0.6 is 35.0 Å². The molecule has 0 saturated heterocycles.